The lowest BCUT2D eigenvalue weighted by Crippen LogP contribution is -2.59. The molecule has 0 radical (unpaired) electrons. The number of carbonyl (C=O) groups is 3. The van der Waals surface area contributed by atoms with Crippen molar-refractivity contribution in [1.82, 2.24) is 14.7 Å². The molecule has 5 rings (SSSR count). The molecule has 2 bridgehead atoms. The predicted molar refractivity (Wildman–Crippen MR) is 180 cm³/mol. The van der Waals surface area contributed by atoms with Gasteiger partial charge in [-0.1, -0.05) is 86.2 Å². The van der Waals surface area contributed by atoms with Crippen molar-refractivity contribution in [3.05, 3.63) is 97.1 Å². The van der Waals surface area contributed by atoms with Crippen LogP contribution in [0.5, 0.6) is 0 Å². The highest BCUT2D eigenvalue weighted by molar-refractivity contribution is 8.02. The van der Waals surface area contributed by atoms with Crippen molar-refractivity contribution in [2.24, 2.45) is 11.8 Å². The topological polar surface area (TPSA) is 81.2 Å². The quantitative estimate of drug-likeness (QED) is 0.278. The highest BCUT2D eigenvalue weighted by atomic mass is 32.2. The minimum atomic E-state index is -0.773. The predicted octanol–water partition coefficient (Wildman–Crippen LogP) is 5.10. The van der Waals surface area contributed by atoms with E-state index in [1.807, 2.05) is 65.6 Å². The molecule has 3 aliphatic rings. The molecule has 3 saturated heterocycles. The molecule has 3 heterocycles. The smallest absolute Gasteiger partial charge is 0.247 e. The van der Waals surface area contributed by atoms with Gasteiger partial charge in [0.05, 0.1) is 29.2 Å². The lowest BCUT2D eigenvalue weighted by molar-refractivity contribution is -0.147. The maximum Gasteiger partial charge on any atom is 0.247 e. The van der Waals surface area contributed by atoms with Crippen LogP contribution >= 0.6 is 11.8 Å². The fourth-order valence-electron chi connectivity index (χ4n) is 7.94. The van der Waals surface area contributed by atoms with Gasteiger partial charge < -0.3 is 19.8 Å². The minimum absolute atomic E-state index is 0.0374. The molecule has 0 aliphatic carbocycles. The zero-order chi connectivity index (χ0) is 32.1. The van der Waals surface area contributed by atoms with E-state index in [1.165, 1.54) is 0 Å². The molecule has 3 unspecified atom stereocenters. The molecule has 1 spiro atoms. The van der Waals surface area contributed by atoms with Crippen molar-refractivity contribution in [1.29, 1.82) is 0 Å². The lowest BCUT2D eigenvalue weighted by Gasteiger charge is -2.41. The van der Waals surface area contributed by atoms with Crippen molar-refractivity contribution in [3.63, 3.8) is 0 Å². The Morgan fingerprint density at radius 2 is 1.69 bits per heavy atom. The molecule has 45 heavy (non-hydrogen) atoms. The van der Waals surface area contributed by atoms with Gasteiger partial charge in [0.1, 0.15) is 6.04 Å². The van der Waals surface area contributed by atoms with Crippen molar-refractivity contribution in [3.8, 4) is 0 Å². The van der Waals surface area contributed by atoms with Gasteiger partial charge in [-0.15, -0.1) is 24.9 Å². The fraction of sp³-hybridized carbons (Fsp3) is 0.486. The largest absolute Gasteiger partial charge is 0.394 e. The Kier molecular flexibility index (Phi) is 10.6. The van der Waals surface area contributed by atoms with Gasteiger partial charge in [-0.05, 0) is 43.7 Å². The summed E-state index contributed by atoms with van der Waals surface area (Å²) in [5, 5.41) is 10.8. The van der Waals surface area contributed by atoms with Crippen LogP contribution in [0, 0.1) is 11.8 Å². The molecular weight excluding hydrogens is 582 g/mol. The first-order valence-corrected chi connectivity index (χ1v) is 17.2. The molecule has 3 aliphatic heterocycles. The number of aliphatic hydroxyl groups is 1. The number of nitrogens with zero attached hydrogens (tertiary/aromatic N) is 3. The molecule has 7 atom stereocenters. The van der Waals surface area contributed by atoms with Crippen LogP contribution in [0.1, 0.15) is 50.7 Å². The van der Waals surface area contributed by atoms with Crippen molar-refractivity contribution < 1.29 is 19.5 Å². The number of benzene rings is 2. The Bertz CT molecular complexity index is 1370. The second-order valence-electron chi connectivity index (χ2n) is 12.7. The van der Waals surface area contributed by atoms with E-state index in [2.05, 4.69) is 27.0 Å². The highest BCUT2D eigenvalue weighted by Gasteiger charge is 2.74. The summed E-state index contributed by atoms with van der Waals surface area (Å²) < 4.78 is -0.735. The molecule has 240 valence electrons. The molecular formula is C37H47N3O4S. The van der Waals surface area contributed by atoms with E-state index in [-0.39, 0.29) is 35.6 Å². The second-order valence-corrected chi connectivity index (χ2v) is 14.3. The number of likely N-dealkylation sites (tertiary alicyclic amines) is 1. The number of hydrogen-bond donors (Lipinski definition) is 1. The van der Waals surface area contributed by atoms with Crippen LogP contribution in [0.3, 0.4) is 0 Å². The first-order chi connectivity index (χ1) is 21.8. The molecule has 2 aromatic carbocycles. The maximum absolute atomic E-state index is 14.8. The summed E-state index contributed by atoms with van der Waals surface area (Å²) in [6.45, 7) is 12.9. The normalized spacial score (nSPS) is 26.3. The van der Waals surface area contributed by atoms with E-state index in [0.717, 1.165) is 30.4 Å². The SMILES string of the molecule is C=CCN(Cc1ccccc1)C(=O)[C@@H]1[C@@H]2CCC3(S2)C(C(=O)N(CC=C)C(C)CCC)N([C@@H](CO)Cc2ccccc2)C(=O)[C@H]13. The molecule has 7 nitrogen and oxygen atoms in total. The second kappa shape index (κ2) is 14.4. The summed E-state index contributed by atoms with van der Waals surface area (Å²) in [5.74, 6) is -1.53. The maximum atomic E-state index is 14.8. The number of carbonyl (C=O) groups excluding carboxylic acids is 3. The van der Waals surface area contributed by atoms with E-state index in [1.54, 1.807) is 33.7 Å². The summed E-state index contributed by atoms with van der Waals surface area (Å²) in [7, 11) is 0. The molecule has 3 amide bonds. The van der Waals surface area contributed by atoms with Gasteiger partial charge in [0.15, 0.2) is 0 Å². The fourth-order valence-corrected chi connectivity index (χ4v) is 10.1. The monoisotopic (exact) mass is 629 g/mol. The minimum Gasteiger partial charge on any atom is -0.394 e. The molecule has 0 aromatic heterocycles. The zero-order valence-corrected chi connectivity index (χ0v) is 27.4. The number of thioether (sulfide) groups is 1. The average Bonchev–Trinajstić information content (AvgIpc) is 3.70. The Morgan fingerprint density at radius 3 is 2.29 bits per heavy atom. The summed E-state index contributed by atoms with van der Waals surface area (Å²) in [4.78, 5) is 49.5. The Hall–Kier alpha value is -3.36. The van der Waals surface area contributed by atoms with Crippen LogP contribution in [0.4, 0.5) is 0 Å². The van der Waals surface area contributed by atoms with Gasteiger partial charge in [-0.2, -0.15) is 0 Å². The van der Waals surface area contributed by atoms with Crippen molar-refractivity contribution >= 4 is 29.5 Å². The third-order valence-electron chi connectivity index (χ3n) is 9.90. The number of rotatable bonds is 15. The van der Waals surface area contributed by atoms with Gasteiger partial charge in [-0.3, -0.25) is 14.4 Å². The molecule has 2 aromatic rings. The zero-order valence-electron chi connectivity index (χ0n) is 26.6. The van der Waals surface area contributed by atoms with E-state index < -0.39 is 28.7 Å². The summed E-state index contributed by atoms with van der Waals surface area (Å²) >= 11 is 1.68. The lowest BCUT2D eigenvalue weighted by atomic mass is 9.70. The van der Waals surface area contributed by atoms with Gasteiger partial charge in [0.25, 0.3) is 0 Å². The van der Waals surface area contributed by atoms with Gasteiger partial charge in [0.2, 0.25) is 17.7 Å². The number of aliphatic hydroxyl groups excluding tert-OH is 1. The summed E-state index contributed by atoms with van der Waals surface area (Å²) in [6.07, 6.45) is 7.10. The van der Waals surface area contributed by atoms with E-state index in [4.69, 9.17) is 0 Å². The van der Waals surface area contributed by atoms with E-state index in [9.17, 15) is 19.5 Å². The standard InChI is InChI=1S/C37H47N3O4S/c1-5-14-26(4)39(22-7-3)36(44)33-37-20-19-30(45-37)31(34(42)38(21-6-2)24-28-17-12-9-13-18-28)32(37)35(43)40(33)29(25-41)23-27-15-10-8-11-16-27/h6-13,15-18,26,29-33,41H,2-3,5,14,19-25H2,1,4H3/t26?,29-,30+,31-,32+,33?,37?/m1/s1. The molecule has 1 N–H and O–H groups in total. The number of fused-ring (bicyclic) bond motifs is 1. The average molecular weight is 630 g/mol. The molecule has 8 heteroatoms. The van der Waals surface area contributed by atoms with Crippen LogP contribution in [-0.2, 0) is 27.3 Å². The van der Waals surface area contributed by atoms with Crippen LogP contribution in [0.2, 0.25) is 0 Å². The third-order valence-corrected chi connectivity index (χ3v) is 11.9. The summed E-state index contributed by atoms with van der Waals surface area (Å²) in [6, 6.07) is 18.2. The number of hydrogen-bond acceptors (Lipinski definition) is 5. The van der Waals surface area contributed by atoms with Gasteiger partial charge >= 0.3 is 0 Å². The van der Waals surface area contributed by atoms with E-state index >= 15 is 0 Å². The van der Waals surface area contributed by atoms with Crippen molar-refractivity contribution in [2.45, 2.75) is 80.6 Å². The van der Waals surface area contributed by atoms with Gasteiger partial charge in [-0.25, -0.2) is 0 Å². The Labute approximate surface area is 272 Å². The highest BCUT2D eigenvalue weighted by Crippen LogP contribution is 2.67. The first-order valence-electron chi connectivity index (χ1n) is 16.3. The Balaban J connectivity index is 1.56. The molecule has 3 fully saturated rings. The van der Waals surface area contributed by atoms with Gasteiger partial charge in [0, 0.05) is 30.9 Å². The van der Waals surface area contributed by atoms with Crippen molar-refractivity contribution in [2.75, 3.05) is 19.7 Å². The Morgan fingerprint density at radius 1 is 1.04 bits per heavy atom. The van der Waals surface area contributed by atoms with Crippen LogP contribution in [-0.4, -0.2) is 85.3 Å². The van der Waals surface area contributed by atoms with Crippen LogP contribution in [0.25, 0.3) is 0 Å². The third kappa shape index (κ3) is 6.24. The van der Waals surface area contributed by atoms with Crippen LogP contribution in [0.15, 0.2) is 86.0 Å². The van der Waals surface area contributed by atoms with Crippen LogP contribution < -0.4 is 0 Å². The molecule has 0 saturated carbocycles. The number of amides is 3. The summed E-state index contributed by atoms with van der Waals surface area (Å²) in [5.41, 5.74) is 2.00. The first kappa shape index (κ1) is 33.0. The van der Waals surface area contributed by atoms with E-state index in [0.29, 0.717) is 32.5 Å².